The van der Waals surface area contributed by atoms with Gasteiger partial charge in [-0.05, 0) is 72.9 Å². The quantitative estimate of drug-likeness (QED) is 0.227. The van der Waals surface area contributed by atoms with Crippen LogP contribution in [0.25, 0.3) is 11.1 Å². The number of ether oxygens (including phenoxy) is 1. The third-order valence-electron chi connectivity index (χ3n) is 4.57. The van der Waals surface area contributed by atoms with Gasteiger partial charge in [0.05, 0.1) is 0 Å². The minimum Gasteiger partial charge on any atom is -0.399 e. The van der Waals surface area contributed by atoms with E-state index in [-0.39, 0.29) is 5.56 Å². The summed E-state index contributed by atoms with van der Waals surface area (Å²) in [6.45, 7) is 1.99. The van der Waals surface area contributed by atoms with Crippen molar-refractivity contribution in [2.45, 2.75) is 26.1 Å². The molecule has 0 saturated carbocycles. The average molecular weight is 442 g/mol. The fourth-order valence-corrected chi connectivity index (χ4v) is 3.00. The normalized spacial score (nSPS) is 11.3. The van der Waals surface area contributed by atoms with Crippen molar-refractivity contribution in [1.82, 2.24) is 0 Å². The van der Waals surface area contributed by atoms with Crippen molar-refractivity contribution < 1.29 is 26.7 Å². The molecule has 0 unspecified atom stereocenters. The Balaban J connectivity index is 1.72. The van der Waals surface area contributed by atoms with Crippen LogP contribution in [0.5, 0.6) is 5.75 Å². The van der Waals surface area contributed by atoms with Gasteiger partial charge in [-0.15, -0.1) is 13.2 Å². The summed E-state index contributed by atoms with van der Waals surface area (Å²) in [5.41, 5.74) is 3.28. The summed E-state index contributed by atoms with van der Waals surface area (Å²) < 4.78 is 68.1. The van der Waals surface area contributed by atoms with Gasteiger partial charge in [0, 0.05) is 11.1 Å². The fourth-order valence-electron chi connectivity index (χ4n) is 3.00. The van der Waals surface area contributed by atoms with Gasteiger partial charge >= 0.3 is 6.36 Å². The molecule has 0 atom stereocenters. The van der Waals surface area contributed by atoms with E-state index in [1.165, 1.54) is 5.56 Å². The van der Waals surface area contributed by atoms with Crippen LogP contribution < -0.4 is 4.74 Å². The monoisotopic (exact) mass is 442 g/mol. The zero-order chi connectivity index (χ0) is 23.1. The molecule has 0 aliphatic rings. The molecule has 0 aliphatic carbocycles. The third-order valence-corrected chi connectivity index (χ3v) is 4.57. The first-order chi connectivity index (χ1) is 15.2. The number of alkyl halides is 3. The van der Waals surface area contributed by atoms with Crippen molar-refractivity contribution in [2.24, 2.45) is 0 Å². The van der Waals surface area contributed by atoms with Crippen molar-refractivity contribution >= 4 is 0 Å². The van der Waals surface area contributed by atoms with Crippen molar-refractivity contribution in [2.75, 3.05) is 0 Å². The zero-order valence-electron chi connectivity index (χ0n) is 17.1. The predicted octanol–water partition coefficient (Wildman–Crippen LogP) is 7.44. The van der Waals surface area contributed by atoms with Crippen LogP contribution in [-0.2, 0) is 6.42 Å². The highest BCUT2D eigenvalue weighted by Gasteiger charge is 2.34. The van der Waals surface area contributed by atoms with Crippen LogP contribution in [0.1, 0.15) is 30.0 Å². The number of hydrogen-bond acceptors (Lipinski definition) is 1. The van der Waals surface area contributed by atoms with E-state index >= 15 is 0 Å². The first-order valence-corrected chi connectivity index (χ1v) is 9.82. The fraction of sp³-hybridized carbons (Fsp3) is 0.154. The molecular formula is C26H19F5O. The molecule has 164 valence electrons. The number of halogens is 5. The minimum atomic E-state index is -5.18. The largest absolute Gasteiger partial charge is 0.573 e. The maximum atomic E-state index is 13.9. The minimum absolute atomic E-state index is 0.0857. The Hall–Kier alpha value is -3.59. The maximum Gasteiger partial charge on any atom is 0.573 e. The molecule has 3 rings (SSSR count). The Bertz CT molecular complexity index is 1130. The Morgan fingerprint density at radius 2 is 1.34 bits per heavy atom. The summed E-state index contributed by atoms with van der Waals surface area (Å²) in [6.07, 6.45) is 0.903. The van der Waals surface area contributed by atoms with E-state index < -0.39 is 23.7 Å². The molecule has 3 aromatic rings. The molecule has 0 radical (unpaired) electrons. The van der Waals surface area contributed by atoms with Crippen molar-refractivity contribution in [3.05, 3.63) is 101 Å². The van der Waals surface area contributed by atoms with Gasteiger partial charge in [-0.1, -0.05) is 48.3 Å². The van der Waals surface area contributed by atoms with Gasteiger partial charge in [0.2, 0.25) is 5.75 Å². The number of rotatable bonds is 5. The molecule has 0 aromatic heterocycles. The zero-order valence-corrected chi connectivity index (χ0v) is 17.1. The number of aryl methyl sites for hydroxylation is 1. The average Bonchev–Trinajstić information content (AvgIpc) is 2.75. The summed E-state index contributed by atoms with van der Waals surface area (Å²) >= 11 is 0. The van der Waals surface area contributed by atoms with Gasteiger partial charge in [0.1, 0.15) is 0 Å². The van der Waals surface area contributed by atoms with E-state index in [2.05, 4.69) is 22.7 Å². The second-order valence-corrected chi connectivity index (χ2v) is 6.95. The van der Waals surface area contributed by atoms with Gasteiger partial charge in [0.15, 0.2) is 11.6 Å². The molecule has 0 aliphatic heterocycles. The molecule has 0 spiro atoms. The molecule has 0 saturated heterocycles. The number of benzene rings is 3. The van der Waals surface area contributed by atoms with Crippen molar-refractivity contribution in [3.8, 4) is 28.7 Å². The maximum absolute atomic E-state index is 13.9. The van der Waals surface area contributed by atoms with Crippen LogP contribution in [0.15, 0.2) is 72.8 Å². The highest BCUT2D eigenvalue weighted by Crippen LogP contribution is 2.32. The molecule has 6 heteroatoms. The molecule has 32 heavy (non-hydrogen) atoms. The lowest BCUT2D eigenvalue weighted by molar-refractivity contribution is -0.276. The first kappa shape index (κ1) is 23.1. The van der Waals surface area contributed by atoms with Crippen LogP contribution in [0.3, 0.4) is 0 Å². The van der Waals surface area contributed by atoms with Crippen molar-refractivity contribution in [1.29, 1.82) is 0 Å². The SMILES string of the molecule is C/C=C/CCc1ccc(C#Cc2ccc(-c3cc(F)c(OC(F)(F)F)c(F)c3)cc2)cc1. The summed E-state index contributed by atoms with van der Waals surface area (Å²) in [5, 5.41) is 0. The van der Waals surface area contributed by atoms with E-state index in [0.717, 1.165) is 30.5 Å². The second kappa shape index (κ2) is 10.1. The summed E-state index contributed by atoms with van der Waals surface area (Å²) in [7, 11) is 0. The Morgan fingerprint density at radius 1 is 0.812 bits per heavy atom. The van der Waals surface area contributed by atoms with Crippen LogP contribution in [0.2, 0.25) is 0 Å². The molecule has 0 heterocycles. The third kappa shape index (κ3) is 6.45. The Morgan fingerprint density at radius 3 is 1.84 bits per heavy atom. The molecule has 1 nitrogen and oxygen atoms in total. The highest BCUT2D eigenvalue weighted by atomic mass is 19.4. The molecule has 0 bridgehead atoms. The van der Waals surface area contributed by atoms with Gasteiger partial charge in [-0.25, -0.2) is 8.78 Å². The summed E-state index contributed by atoms with van der Waals surface area (Å²) in [6, 6.07) is 16.1. The highest BCUT2D eigenvalue weighted by molar-refractivity contribution is 5.65. The lowest BCUT2D eigenvalue weighted by Crippen LogP contribution is -2.19. The van der Waals surface area contributed by atoms with E-state index in [1.54, 1.807) is 24.3 Å². The Labute approximate surface area is 183 Å². The second-order valence-electron chi connectivity index (χ2n) is 6.95. The smallest absolute Gasteiger partial charge is 0.399 e. The van der Waals surface area contributed by atoms with Gasteiger partial charge in [-0.3, -0.25) is 0 Å². The number of allylic oxidation sites excluding steroid dienone is 2. The lowest BCUT2D eigenvalue weighted by atomic mass is 10.0. The molecule has 0 fully saturated rings. The molecule has 0 N–H and O–H groups in total. The predicted molar refractivity (Wildman–Crippen MR) is 114 cm³/mol. The first-order valence-electron chi connectivity index (χ1n) is 9.82. The standard InChI is InChI=1S/C26H19F5O/c1-2-3-4-5-18-6-8-19(9-7-18)10-11-20-12-14-21(15-13-20)22-16-23(27)25(24(28)17-22)32-26(29,30)31/h2-3,6-9,12-17H,4-5H2,1H3/b3-2+. The van der Waals surface area contributed by atoms with Crippen LogP contribution >= 0.6 is 0 Å². The Kier molecular flexibility index (Phi) is 7.32. The van der Waals surface area contributed by atoms with E-state index in [9.17, 15) is 22.0 Å². The molecule has 3 aromatic carbocycles. The van der Waals surface area contributed by atoms with Crippen LogP contribution in [0.4, 0.5) is 22.0 Å². The van der Waals surface area contributed by atoms with Gasteiger partial charge in [-0.2, -0.15) is 0 Å². The van der Waals surface area contributed by atoms with Crippen LogP contribution in [0, 0.1) is 23.5 Å². The summed E-state index contributed by atoms with van der Waals surface area (Å²) in [4.78, 5) is 0. The van der Waals surface area contributed by atoms with E-state index in [0.29, 0.717) is 11.1 Å². The van der Waals surface area contributed by atoms with Gasteiger partial charge < -0.3 is 4.74 Å². The van der Waals surface area contributed by atoms with Crippen LogP contribution in [-0.4, -0.2) is 6.36 Å². The lowest BCUT2D eigenvalue weighted by Gasteiger charge is -2.12. The summed E-state index contributed by atoms with van der Waals surface area (Å²) in [5.74, 6) is 1.72. The van der Waals surface area contributed by atoms with E-state index in [4.69, 9.17) is 0 Å². The van der Waals surface area contributed by atoms with Gasteiger partial charge in [0.25, 0.3) is 0 Å². The topological polar surface area (TPSA) is 9.23 Å². The van der Waals surface area contributed by atoms with Crippen molar-refractivity contribution in [3.63, 3.8) is 0 Å². The molecule has 0 amide bonds. The van der Waals surface area contributed by atoms with E-state index in [1.807, 2.05) is 37.3 Å². The number of hydrogen-bond donors (Lipinski definition) is 0. The molecular weight excluding hydrogens is 423 g/mol.